The highest BCUT2D eigenvalue weighted by atomic mass is 19.4. The van der Waals surface area contributed by atoms with Gasteiger partial charge < -0.3 is 10.0 Å². The predicted molar refractivity (Wildman–Crippen MR) is 109 cm³/mol. The molecule has 4 rings (SSSR count). The van der Waals surface area contributed by atoms with E-state index < -0.39 is 34.8 Å². The molecule has 2 fully saturated rings. The first-order valence-corrected chi connectivity index (χ1v) is 10.2. The monoisotopic (exact) mass is 443 g/mol. The average Bonchev–Trinajstić information content (AvgIpc) is 3.33. The number of nitrogens with zero attached hydrogens (tertiary/aromatic N) is 3. The predicted octanol–water partition coefficient (Wildman–Crippen LogP) is 4.91. The number of carbonyl (C=O) groups is 2. The fraction of sp³-hybridized carbons (Fsp3) is 0.348. The highest BCUT2D eigenvalue weighted by Gasteiger charge is 2.58. The maximum absolute atomic E-state index is 13.7. The van der Waals surface area contributed by atoms with Crippen molar-refractivity contribution in [3.8, 4) is 11.8 Å². The minimum Gasteiger partial charge on any atom is -0.508 e. The molecule has 2 aromatic carbocycles. The smallest absolute Gasteiger partial charge is 0.417 e. The van der Waals surface area contributed by atoms with Crippen LogP contribution in [-0.2, 0) is 16.5 Å². The lowest BCUT2D eigenvalue weighted by Crippen LogP contribution is -2.49. The van der Waals surface area contributed by atoms with Crippen molar-refractivity contribution in [1.29, 1.82) is 5.26 Å². The van der Waals surface area contributed by atoms with E-state index in [1.807, 2.05) is 0 Å². The van der Waals surface area contributed by atoms with Crippen LogP contribution in [0.2, 0.25) is 0 Å². The van der Waals surface area contributed by atoms with Gasteiger partial charge in [0.2, 0.25) is 0 Å². The standard InChI is InChI=1S/C23H20F3N3O3/c1-22(15-7-10-18(30)11-8-15)20(31)28(21(32)29(22)16-4-2-3-5-16)17-9-6-14(13-27)19(12-17)23(24,25)26/h6-12,16,30H,2-5H2,1H3. The molecule has 0 bridgehead atoms. The normalized spacial score (nSPS) is 22.0. The Kier molecular flexibility index (Phi) is 5.12. The molecule has 1 saturated carbocycles. The zero-order chi connectivity index (χ0) is 23.3. The molecule has 1 atom stereocenters. The van der Waals surface area contributed by atoms with Gasteiger partial charge in [0, 0.05) is 6.04 Å². The van der Waals surface area contributed by atoms with Crippen LogP contribution in [0.15, 0.2) is 42.5 Å². The fourth-order valence-corrected chi connectivity index (χ4v) is 4.67. The molecule has 1 saturated heterocycles. The second-order valence-electron chi connectivity index (χ2n) is 8.19. The summed E-state index contributed by atoms with van der Waals surface area (Å²) in [5, 5.41) is 18.7. The maximum atomic E-state index is 13.7. The molecule has 0 aromatic heterocycles. The van der Waals surface area contributed by atoms with Gasteiger partial charge in [0.15, 0.2) is 0 Å². The number of imide groups is 1. The van der Waals surface area contributed by atoms with E-state index in [4.69, 9.17) is 5.26 Å². The first-order chi connectivity index (χ1) is 15.1. The number of amides is 3. The third kappa shape index (κ3) is 3.27. The minimum atomic E-state index is -4.82. The largest absolute Gasteiger partial charge is 0.508 e. The van der Waals surface area contributed by atoms with E-state index in [-0.39, 0.29) is 17.5 Å². The summed E-state index contributed by atoms with van der Waals surface area (Å²) in [6.45, 7) is 1.58. The number of benzene rings is 2. The van der Waals surface area contributed by atoms with Crippen LogP contribution in [0.4, 0.5) is 23.7 Å². The molecular weight excluding hydrogens is 423 g/mol. The molecule has 6 nitrogen and oxygen atoms in total. The summed E-state index contributed by atoms with van der Waals surface area (Å²) >= 11 is 0. The molecule has 2 aliphatic rings. The summed E-state index contributed by atoms with van der Waals surface area (Å²) in [6, 6.07) is 9.25. The summed E-state index contributed by atoms with van der Waals surface area (Å²) in [4.78, 5) is 29.4. The molecule has 1 unspecified atom stereocenters. The Morgan fingerprint density at radius 1 is 1.09 bits per heavy atom. The highest BCUT2D eigenvalue weighted by Crippen LogP contribution is 2.45. The SMILES string of the molecule is CC1(c2ccc(O)cc2)C(=O)N(c2ccc(C#N)c(C(F)(F)F)c2)C(=O)N1C1CCCC1. The zero-order valence-corrected chi connectivity index (χ0v) is 17.2. The minimum absolute atomic E-state index is 0.0136. The summed E-state index contributed by atoms with van der Waals surface area (Å²) in [6.07, 6.45) is -1.70. The lowest BCUT2D eigenvalue weighted by Gasteiger charge is -2.36. The van der Waals surface area contributed by atoms with Gasteiger partial charge in [-0.3, -0.25) is 4.79 Å². The molecule has 0 spiro atoms. The van der Waals surface area contributed by atoms with Crippen molar-refractivity contribution in [1.82, 2.24) is 4.90 Å². The number of phenolic OH excluding ortho intramolecular Hbond substituents is 1. The number of aromatic hydroxyl groups is 1. The third-order valence-corrected chi connectivity index (χ3v) is 6.31. The summed E-state index contributed by atoms with van der Waals surface area (Å²) < 4.78 is 40.5. The molecular formula is C23H20F3N3O3. The molecule has 2 aromatic rings. The number of hydrogen-bond donors (Lipinski definition) is 1. The number of phenols is 1. The Balaban J connectivity index is 1.86. The van der Waals surface area contributed by atoms with Gasteiger partial charge in [-0.1, -0.05) is 25.0 Å². The first-order valence-electron chi connectivity index (χ1n) is 10.2. The van der Waals surface area contributed by atoms with E-state index in [9.17, 15) is 27.9 Å². The number of urea groups is 1. The van der Waals surface area contributed by atoms with Crippen LogP contribution in [0.3, 0.4) is 0 Å². The summed E-state index contributed by atoms with van der Waals surface area (Å²) in [7, 11) is 0. The van der Waals surface area contributed by atoms with Crippen LogP contribution in [0, 0.1) is 11.3 Å². The fourth-order valence-electron chi connectivity index (χ4n) is 4.67. The van der Waals surface area contributed by atoms with Gasteiger partial charge in [-0.15, -0.1) is 0 Å². The lowest BCUT2D eigenvalue weighted by atomic mass is 9.88. The highest BCUT2D eigenvalue weighted by molar-refractivity contribution is 6.23. The van der Waals surface area contributed by atoms with Gasteiger partial charge in [-0.05, 0) is 55.7 Å². The molecule has 9 heteroatoms. The maximum Gasteiger partial charge on any atom is 0.417 e. The Morgan fingerprint density at radius 2 is 1.72 bits per heavy atom. The number of rotatable bonds is 3. The Morgan fingerprint density at radius 3 is 2.28 bits per heavy atom. The summed E-state index contributed by atoms with van der Waals surface area (Å²) in [5.74, 6) is -0.696. The molecule has 1 heterocycles. The lowest BCUT2D eigenvalue weighted by molar-refractivity contribution is -0.137. The van der Waals surface area contributed by atoms with E-state index in [1.54, 1.807) is 6.92 Å². The van der Waals surface area contributed by atoms with Gasteiger partial charge in [0.1, 0.15) is 11.3 Å². The molecule has 32 heavy (non-hydrogen) atoms. The summed E-state index contributed by atoms with van der Waals surface area (Å²) in [5.41, 5.74) is -3.03. The van der Waals surface area contributed by atoms with Crippen LogP contribution in [0.5, 0.6) is 5.75 Å². The van der Waals surface area contributed by atoms with Gasteiger partial charge in [-0.2, -0.15) is 18.4 Å². The van der Waals surface area contributed by atoms with E-state index in [2.05, 4.69) is 0 Å². The molecule has 1 aliphatic heterocycles. The van der Waals surface area contributed by atoms with Crippen molar-refractivity contribution in [2.45, 2.75) is 50.4 Å². The Bertz CT molecular complexity index is 1120. The second-order valence-corrected chi connectivity index (χ2v) is 8.19. The van der Waals surface area contributed by atoms with Crippen molar-refractivity contribution in [2.24, 2.45) is 0 Å². The van der Waals surface area contributed by atoms with Crippen molar-refractivity contribution >= 4 is 17.6 Å². The molecule has 3 amide bonds. The molecule has 166 valence electrons. The number of nitriles is 1. The second kappa shape index (κ2) is 7.55. The number of hydrogen-bond acceptors (Lipinski definition) is 4. The third-order valence-electron chi connectivity index (χ3n) is 6.31. The topological polar surface area (TPSA) is 84.6 Å². The van der Waals surface area contributed by atoms with Gasteiger partial charge in [0.25, 0.3) is 5.91 Å². The van der Waals surface area contributed by atoms with Crippen LogP contribution in [0.1, 0.15) is 49.3 Å². The molecule has 1 N–H and O–H groups in total. The Hall–Kier alpha value is -3.54. The Labute approximate surface area is 182 Å². The average molecular weight is 443 g/mol. The number of halogens is 3. The van der Waals surface area contributed by atoms with E-state index in [1.165, 1.54) is 41.3 Å². The number of alkyl halides is 3. The van der Waals surface area contributed by atoms with Crippen LogP contribution < -0.4 is 4.90 Å². The number of carbonyl (C=O) groups excluding carboxylic acids is 2. The first kappa shape index (κ1) is 21.7. The van der Waals surface area contributed by atoms with Crippen LogP contribution in [0.25, 0.3) is 0 Å². The van der Waals surface area contributed by atoms with Crippen molar-refractivity contribution in [3.63, 3.8) is 0 Å². The van der Waals surface area contributed by atoms with E-state index >= 15 is 0 Å². The van der Waals surface area contributed by atoms with Crippen molar-refractivity contribution in [2.75, 3.05) is 4.90 Å². The quantitative estimate of drug-likeness (QED) is 0.684. The molecule has 1 aliphatic carbocycles. The van der Waals surface area contributed by atoms with E-state index in [0.29, 0.717) is 24.5 Å². The number of anilines is 1. The van der Waals surface area contributed by atoms with Crippen molar-refractivity contribution < 1.29 is 27.9 Å². The van der Waals surface area contributed by atoms with Crippen LogP contribution in [-0.4, -0.2) is 28.0 Å². The molecule has 0 radical (unpaired) electrons. The van der Waals surface area contributed by atoms with Gasteiger partial charge in [-0.25, -0.2) is 9.69 Å². The van der Waals surface area contributed by atoms with Crippen LogP contribution >= 0.6 is 0 Å². The van der Waals surface area contributed by atoms with Gasteiger partial charge >= 0.3 is 12.2 Å². The van der Waals surface area contributed by atoms with Gasteiger partial charge in [0.05, 0.1) is 22.9 Å². The van der Waals surface area contributed by atoms with Crippen molar-refractivity contribution in [3.05, 3.63) is 59.2 Å². The van der Waals surface area contributed by atoms with E-state index in [0.717, 1.165) is 23.8 Å². The zero-order valence-electron chi connectivity index (χ0n) is 17.2.